The summed E-state index contributed by atoms with van der Waals surface area (Å²) < 4.78 is 0. The summed E-state index contributed by atoms with van der Waals surface area (Å²) in [5.74, 6) is -0.707. The summed E-state index contributed by atoms with van der Waals surface area (Å²) in [6.45, 7) is 0. The van der Waals surface area contributed by atoms with Crippen LogP contribution in [0.25, 0.3) is 0 Å². The predicted octanol–water partition coefficient (Wildman–Crippen LogP) is 3.59. The second-order valence-electron chi connectivity index (χ2n) is 4.01. The second-order valence-corrected chi connectivity index (χ2v) is 5.05. The minimum Gasteiger partial charge on any atom is -0.478 e. The first-order chi connectivity index (χ1) is 9.58. The van der Waals surface area contributed by atoms with Crippen molar-refractivity contribution in [1.82, 2.24) is 0 Å². The molecular formula is C14H11NO4S. The fraction of sp³-hybridized carbons (Fsp3) is 0.0714. The van der Waals surface area contributed by atoms with Gasteiger partial charge in [0.1, 0.15) is 0 Å². The fourth-order valence-corrected chi connectivity index (χ4v) is 2.60. The van der Waals surface area contributed by atoms with Gasteiger partial charge in [0, 0.05) is 22.8 Å². The van der Waals surface area contributed by atoms with Gasteiger partial charge in [-0.25, -0.2) is 4.79 Å². The van der Waals surface area contributed by atoms with Gasteiger partial charge in [-0.1, -0.05) is 24.3 Å². The van der Waals surface area contributed by atoms with Crippen LogP contribution in [-0.2, 0) is 5.75 Å². The Labute approximate surface area is 119 Å². The molecule has 102 valence electrons. The van der Waals surface area contributed by atoms with Gasteiger partial charge in [0.05, 0.1) is 10.5 Å². The molecule has 0 heterocycles. The Morgan fingerprint density at radius 3 is 2.50 bits per heavy atom. The fourth-order valence-electron chi connectivity index (χ4n) is 1.68. The van der Waals surface area contributed by atoms with Crippen molar-refractivity contribution in [3.05, 3.63) is 69.8 Å². The highest BCUT2D eigenvalue weighted by atomic mass is 32.2. The number of carboxylic acids is 1. The van der Waals surface area contributed by atoms with E-state index in [0.717, 1.165) is 11.0 Å². The molecule has 0 radical (unpaired) electrons. The third kappa shape index (κ3) is 3.36. The first-order valence-corrected chi connectivity index (χ1v) is 6.75. The molecule has 1 N–H and O–H groups in total. The van der Waals surface area contributed by atoms with E-state index in [2.05, 4.69) is 0 Å². The molecule has 20 heavy (non-hydrogen) atoms. The number of benzene rings is 2. The summed E-state index contributed by atoms with van der Waals surface area (Å²) in [5, 5.41) is 19.8. The first-order valence-electron chi connectivity index (χ1n) is 5.76. The number of hydrogen-bond donors (Lipinski definition) is 1. The van der Waals surface area contributed by atoms with Crippen LogP contribution >= 0.6 is 11.8 Å². The molecule has 2 aromatic rings. The van der Waals surface area contributed by atoms with Gasteiger partial charge in [-0.2, -0.15) is 0 Å². The number of nitro benzene ring substituents is 1. The van der Waals surface area contributed by atoms with Crippen LogP contribution in [0.5, 0.6) is 0 Å². The molecule has 0 amide bonds. The molecule has 0 fully saturated rings. The van der Waals surface area contributed by atoms with Gasteiger partial charge in [0.15, 0.2) is 0 Å². The monoisotopic (exact) mass is 289 g/mol. The number of rotatable bonds is 5. The van der Waals surface area contributed by atoms with Crippen molar-refractivity contribution in [3.63, 3.8) is 0 Å². The summed E-state index contributed by atoms with van der Waals surface area (Å²) in [5.41, 5.74) is 0.329. The summed E-state index contributed by atoms with van der Waals surface area (Å²) in [7, 11) is 0. The average molecular weight is 289 g/mol. The lowest BCUT2D eigenvalue weighted by Gasteiger charge is -2.06. The maximum Gasteiger partial charge on any atom is 0.336 e. The van der Waals surface area contributed by atoms with Crippen LogP contribution in [0.15, 0.2) is 53.4 Å². The van der Waals surface area contributed by atoms with Crippen molar-refractivity contribution in [1.29, 1.82) is 0 Å². The zero-order valence-corrected chi connectivity index (χ0v) is 11.2. The molecule has 2 rings (SSSR count). The van der Waals surface area contributed by atoms with Gasteiger partial charge >= 0.3 is 5.97 Å². The topological polar surface area (TPSA) is 80.4 Å². The van der Waals surface area contributed by atoms with Crippen LogP contribution < -0.4 is 0 Å². The number of nitrogens with zero attached hydrogens (tertiary/aromatic N) is 1. The maximum absolute atomic E-state index is 11.2. The molecular weight excluding hydrogens is 278 g/mol. The van der Waals surface area contributed by atoms with Crippen LogP contribution in [0, 0.1) is 10.1 Å². The van der Waals surface area contributed by atoms with E-state index < -0.39 is 10.9 Å². The SMILES string of the molecule is O=C(O)c1cc([N+](=O)[O-])ccc1CSc1ccccc1. The van der Waals surface area contributed by atoms with Crippen molar-refractivity contribution in [2.45, 2.75) is 10.6 Å². The maximum atomic E-state index is 11.2. The quantitative estimate of drug-likeness (QED) is 0.517. The van der Waals surface area contributed by atoms with Crippen molar-refractivity contribution in [2.75, 3.05) is 0 Å². The minimum atomic E-state index is -1.16. The molecule has 0 saturated heterocycles. The number of aromatic carboxylic acids is 1. The minimum absolute atomic E-state index is 0.0253. The van der Waals surface area contributed by atoms with E-state index in [0.29, 0.717) is 11.3 Å². The van der Waals surface area contributed by atoms with Gasteiger partial charge in [0.2, 0.25) is 0 Å². The van der Waals surface area contributed by atoms with E-state index >= 15 is 0 Å². The highest BCUT2D eigenvalue weighted by Gasteiger charge is 2.15. The number of hydrogen-bond acceptors (Lipinski definition) is 4. The van der Waals surface area contributed by atoms with Crippen molar-refractivity contribution in [3.8, 4) is 0 Å². The average Bonchev–Trinajstić information content (AvgIpc) is 2.45. The van der Waals surface area contributed by atoms with Gasteiger partial charge in [-0.3, -0.25) is 10.1 Å². The molecule has 0 aliphatic rings. The normalized spacial score (nSPS) is 10.2. The highest BCUT2D eigenvalue weighted by Crippen LogP contribution is 2.26. The second kappa shape index (κ2) is 6.21. The van der Waals surface area contributed by atoms with Crippen LogP contribution in [0.2, 0.25) is 0 Å². The lowest BCUT2D eigenvalue weighted by atomic mass is 10.1. The summed E-state index contributed by atoms with van der Waals surface area (Å²) >= 11 is 1.49. The van der Waals surface area contributed by atoms with Crippen LogP contribution in [0.1, 0.15) is 15.9 Å². The smallest absolute Gasteiger partial charge is 0.336 e. The van der Waals surface area contributed by atoms with E-state index in [9.17, 15) is 14.9 Å². The molecule has 0 spiro atoms. The Hall–Kier alpha value is -2.34. The third-order valence-corrected chi connectivity index (χ3v) is 3.73. The van der Waals surface area contributed by atoms with Gasteiger partial charge < -0.3 is 5.11 Å². The van der Waals surface area contributed by atoms with E-state index in [-0.39, 0.29) is 11.3 Å². The molecule has 0 bridgehead atoms. The van der Waals surface area contributed by atoms with E-state index in [1.165, 1.54) is 23.9 Å². The molecule has 0 saturated carbocycles. The zero-order valence-electron chi connectivity index (χ0n) is 10.4. The molecule has 5 nitrogen and oxygen atoms in total. The standard InChI is InChI=1S/C14H11NO4S/c16-14(17)13-8-11(15(18)19)7-6-10(13)9-20-12-4-2-1-3-5-12/h1-8H,9H2,(H,16,17). The Bertz CT molecular complexity index is 643. The summed E-state index contributed by atoms with van der Waals surface area (Å²) in [4.78, 5) is 22.3. The molecule has 0 aliphatic carbocycles. The Morgan fingerprint density at radius 2 is 1.90 bits per heavy atom. The van der Waals surface area contributed by atoms with E-state index in [1.54, 1.807) is 0 Å². The molecule has 0 aliphatic heterocycles. The molecule has 0 unspecified atom stereocenters. The predicted molar refractivity (Wildman–Crippen MR) is 76.1 cm³/mol. The first kappa shape index (κ1) is 14.1. The molecule has 0 atom stereocenters. The lowest BCUT2D eigenvalue weighted by Crippen LogP contribution is -2.03. The van der Waals surface area contributed by atoms with Gasteiger partial charge in [0.25, 0.3) is 5.69 Å². The van der Waals surface area contributed by atoms with Gasteiger partial charge in [-0.05, 0) is 17.7 Å². The third-order valence-electron chi connectivity index (χ3n) is 2.67. The van der Waals surface area contributed by atoms with Crippen LogP contribution in [0.3, 0.4) is 0 Å². The molecule has 2 aromatic carbocycles. The van der Waals surface area contributed by atoms with Crippen molar-refractivity contribution in [2.24, 2.45) is 0 Å². The zero-order chi connectivity index (χ0) is 14.5. The lowest BCUT2D eigenvalue weighted by molar-refractivity contribution is -0.384. The Balaban J connectivity index is 2.23. The number of carboxylic acid groups (broad SMARTS) is 1. The van der Waals surface area contributed by atoms with Crippen LogP contribution in [0.4, 0.5) is 5.69 Å². The van der Waals surface area contributed by atoms with Gasteiger partial charge in [-0.15, -0.1) is 11.8 Å². The van der Waals surface area contributed by atoms with Crippen LogP contribution in [-0.4, -0.2) is 16.0 Å². The number of non-ortho nitro benzene ring substituents is 1. The Kier molecular flexibility index (Phi) is 4.37. The van der Waals surface area contributed by atoms with Crippen molar-refractivity contribution >= 4 is 23.4 Å². The summed E-state index contributed by atoms with van der Waals surface area (Å²) in [6.07, 6.45) is 0. The number of thioether (sulfide) groups is 1. The number of carbonyl (C=O) groups is 1. The molecule has 6 heteroatoms. The highest BCUT2D eigenvalue weighted by molar-refractivity contribution is 7.98. The largest absolute Gasteiger partial charge is 0.478 e. The van der Waals surface area contributed by atoms with E-state index in [4.69, 9.17) is 5.11 Å². The Morgan fingerprint density at radius 1 is 1.20 bits per heavy atom. The van der Waals surface area contributed by atoms with E-state index in [1.807, 2.05) is 30.3 Å². The summed E-state index contributed by atoms with van der Waals surface area (Å²) in [6, 6.07) is 13.5. The number of nitro groups is 1. The molecule has 0 aromatic heterocycles. The van der Waals surface area contributed by atoms with Crippen molar-refractivity contribution < 1.29 is 14.8 Å².